The Kier molecular flexibility index (Phi) is 3.80. The number of imidazole rings is 1. The number of rotatable bonds is 5. The average molecular weight is 259 g/mol. The van der Waals surface area contributed by atoms with Crippen LogP contribution < -0.4 is 5.32 Å². The molecule has 1 aromatic carbocycles. The number of aryl methyl sites for hydroxylation is 2. The van der Waals surface area contributed by atoms with Gasteiger partial charge in [0.05, 0.1) is 17.6 Å². The highest BCUT2D eigenvalue weighted by atomic mass is 16.5. The van der Waals surface area contributed by atoms with Crippen molar-refractivity contribution in [3.63, 3.8) is 0 Å². The standard InChI is InChI=1S/C15H21N3O/c1-18-14-6-3-2-5-13(14)17-15(18)7-4-9-16-12-8-10-19-11-12/h2-3,5-6,12,16H,4,7-11H2,1H3/t12-/m1/s1. The van der Waals surface area contributed by atoms with Crippen molar-refractivity contribution >= 4 is 11.0 Å². The molecular weight excluding hydrogens is 238 g/mol. The summed E-state index contributed by atoms with van der Waals surface area (Å²) in [7, 11) is 2.10. The molecule has 4 nitrogen and oxygen atoms in total. The molecule has 0 unspecified atom stereocenters. The Morgan fingerprint density at radius 3 is 3.11 bits per heavy atom. The normalized spacial score (nSPS) is 19.3. The molecule has 1 saturated heterocycles. The van der Waals surface area contributed by atoms with Gasteiger partial charge >= 0.3 is 0 Å². The zero-order valence-corrected chi connectivity index (χ0v) is 11.4. The van der Waals surface area contributed by atoms with Crippen molar-refractivity contribution < 1.29 is 4.74 Å². The van der Waals surface area contributed by atoms with Crippen molar-refractivity contribution in [3.05, 3.63) is 30.1 Å². The number of nitrogens with one attached hydrogen (secondary N) is 1. The lowest BCUT2D eigenvalue weighted by Gasteiger charge is -2.09. The van der Waals surface area contributed by atoms with Gasteiger partial charge in [-0.1, -0.05) is 12.1 Å². The minimum Gasteiger partial charge on any atom is -0.380 e. The molecule has 0 spiro atoms. The van der Waals surface area contributed by atoms with Crippen molar-refractivity contribution in [1.82, 2.24) is 14.9 Å². The molecule has 1 aliphatic rings. The molecule has 1 aromatic heterocycles. The van der Waals surface area contributed by atoms with Crippen molar-refractivity contribution in [2.75, 3.05) is 19.8 Å². The van der Waals surface area contributed by atoms with Gasteiger partial charge < -0.3 is 14.6 Å². The summed E-state index contributed by atoms with van der Waals surface area (Å²) in [6, 6.07) is 8.86. The molecule has 102 valence electrons. The van der Waals surface area contributed by atoms with Crippen molar-refractivity contribution in [1.29, 1.82) is 0 Å². The third-order valence-corrected chi connectivity index (χ3v) is 3.82. The summed E-state index contributed by atoms with van der Waals surface area (Å²) in [5.74, 6) is 1.17. The van der Waals surface area contributed by atoms with Crippen LogP contribution in [0.4, 0.5) is 0 Å². The Morgan fingerprint density at radius 1 is 1.42 bits per heavy atom. The number of fused-ring (bicyclic) bond motifs is 1. The smallest absolute Gasteiger partial charge is 0.109 e. The Labute approximate surface area is 113 Å². The van der Waals surface area contributed by atoms with E-state index < -0.39 is 0 Å². The van der Waals surface area contributed by atoms with E-state index in [0.29, 0.717) is 6.04 Å². The minimum atomic E-state index is 0.556. The number of hydrogen-bond donors (Lipinski definition) is 1. The van der Waals surface area contributed by atoms with Crippen molar-refractivity contribution in [2.45, 2.75) is 25.3 Å². The monoisotopic (exact) mass is 259 g/mol. The van der Waals surface area contributed by atoms with Crippen LogP contribution in [-0.4, -0.2) is 35.4 Å². The maximum absolute atomic E-state index is 5.35. The molecule has 0 aliphatic carbocycles. The second-order valence-electron chi connectivity index (χ2n) is 5.19. The fourth-order valence-electron chi connectivity index (χ4n) is 2.67. The summed E-state index contributed by atoms with van der Waals surface area (Å²) >= 11 is 0. The number of ether oxygens (including phenoxy) is 1. The lowest BCUT2D eigenvalue weighted by molar-refractivity contribution is 0.190. The molecule has 1 atom stereocenters. The number of hydrogen-bond acceptors (Lipinski definition) is 3. The van der Waals surface area contributed by atoms with Gasteiger partial charge in [0, 0.05) is 26.1 Å². The molecule has 4 heteroatoms. The van der Waals surface area contributed by atoms with Crippen LogP contribution in [0.15, 0.2) is 24.3 Å². The number of aromatic nitrogens is 2. The molecule has 0 saturated carbocycles. The largest absolute Gasteiger partial charge is 0.380 e. The number of para-hydroxylation sites is 2. The maximum atomic E-state index is 5.35. The van der Waals surface area contributed by atoms with E-state index in [1.54, 1.807) is 0 Å². The van der Waals surface area contributed by atoms with Crippen LogP contribution in [0, 0.1) is 0 Å². The van der Waals surface area contributed by atoms with E-state index in [9.17, 15) is 0 Å². The highest BCUT2D eigenvalue weighted by Gasteiger charge is 2.14. The quantitative estimate of drug-likeness (QED) is 0.833. The summed E-state index contributed by atoms with van der Waals surface area (Å²) in [5.41, 5.74) is 2.31. The topological polar surface area (TPSA) is 39.1 Å². The van der Waals surface area contributed by atoms with Crippen LogP contribution in [0.25, 0.3) is 11.0 Å². The van der Waals surface area contributed by atoms with E-state index in [2.05, 4.69) is 35.1 Å². The first-order valence-corrected chi connectivity index (χ1v) is 7.06. The van der Waals surface area contributed by atoms with Gasteiger partial charge in [-0.05, 0) is 31.5 Å². The van der Waals surface area contributed by atoms with Crippen molar-refractivity contribution in [2.24, 2.45) is 7.05 Å². The predicted molar refractivity (Wildman–Crippen MR) is 76.3 cm³/mol. The summed E-state index contributed by atoms with van der Waals surface area (Å²) in [5, 5.41) is 3.54. The van der Waals surface area contributed by atoms with Crippen LogP contribution in [0.2, 0.25) is 0 Å². The summed E-state index contributed by atoms with van der Waals surface area (Å²) < 4.78 is 7.55. The lowest BCUT2D eigenvalue weighted by atomic mass is 10.2. The van der Waals surface area contributed by atoms with E-state index in [0.717, 1.165) is 44.5 Å². The van der Waals surface area contributed by atoms with E-state index in [4.69, 9.17) is 9.72 Å². The maximum Gasteiger partial charge on any atom is 0.109 e. The van der Waals surface area contributed by atoms with Crippen LogP contribution >= 0.6 is 0 Å². The fourth-order valence-corrected chi connectivity index (χ4v) is 2.67. The Bertz CT molecular complexity index is 543. The molecule has 0 radical (unpaired) electrons. The molecule has 19 heavy (non-hydrogen) atoms. The third-order valence-electron chi connectivity index (χ3n) is 3.82. The van der Waals surface area contributed by atoms with E-state index >= 15 is 0 Å². The fraction of sp³-hybridized carbons (Fsp3) is 0.533. The first-order chi connectivity index (χ1) is 9.34. The van der Waals surface area contributed by atoms with Gasteiger partial charge in [-0.2, -0.15) is 0 Å². The molecule has 1 fully saturated rings. The summed E-state index contributed by atoms with van der Waals surface area (Å²) in [6.45, 7) is 2.81. The van der Waals surface area contributed by atoms with Gasteiger partial charge in [0.15, 0.2) is 0 Å². The first kappa shape index (κ1) is 12.6. The van der Waals surface area contributed by atoms with Crippen molar-refractivity contribution in [3.8, 4) is 0 Å². The van der Waals surface area contributed by atoms with Gasteiger partial charge in [-0.15, -0.1) is 0 Å². The zero-order valence-electron chi connectivity index (χ0n) is 11.4. The van der Waals surface area contributed by atoms with Crippen LogP contribution in [-0.2, 0) is 18.2 Å². The molecule has 0 bridgehead atoms. The molecular formula is C15H21N3O. The summed E-state index contributed by atoms with van der Waals surface area (Å²) in [6.07, 6.45) is 3.28. The second-order valence-corrected chi connectivity index (χ2v) is 5.19. The first-order valence-electron chi connectivity index (χ1n) is 7.06. The minimum absolute atomic E-state index is 0.556. The third kappa shape index (κ3) is 2.80. The molecule has 2 aromatic rings. The lowest BCUT2D eigenvalue weighted by Crippen LogP contribution is -2.30. The Balaban J connectivity index is 1.54. The van der Waals surface area contributed by atoms with Crippen LogP contribution in [0.3, 0.4) is 0 Å². The molecule has 2 heterocycles. The van der Waals surface area contributed by atoms with Gasteiger partial charge in [0.1, 0.15) is 5.82 Å². The highest BCUT2D eigenvalue weighted by Crippen LogP contribution is 2.15. The van der Waals surface area contributed by atoms with E-state index in [1.165, 1.54) is 11.3 Å². The highest BCUT2D eigenvalue weighted by molar-refractivity contribution is 5.75. The van der Waals surface area contributed by atoms with Gasteiger partial charge in [0.25, 0.3) is 0 Å². The van der Waals surface area contributed by atoms with Gasteiger partial charge in [0.2, 0.25) is 0 Å². The average Bonchev–Trinajstić information content (AvgIpc) is 3.04. The van der Waals surface area contributed by atoms with Gasteiger partial charge in [-0.25, -0.2) is 4.98 Å². The molecule has 0 amide bonds. The van der Waals surface area contributed by atoms with Gasteiger partial charge in [-0.3, -0.25) is 0 Å². The number of benzene rings is 1. The molecule has 3 rings (SSSR count). The Hall–Kier alpha value is -1.39. The predicted octanol–water partition coefficient (Wildman–Crippen LogP) is 1.88. The second kappa shape index (κ2) is 5.72. The molecule has 1 N–H and O–H groups in total. The zero-order chi connectivity index (χ0) is 13.1. The number of nitrogens with zero attached hydrogens (tertiary/aromatic N) is 2. The summed E-state index contributed by atoms with van der Waals surface area (Å²) in [4.78, 5) is 4.69. The van der Waals surface area contributed by atoms with E-state index in [-0.39, 0.29) is 0 Å². The van der Waals surface area contributed by atoms with Crippen LogP contribution in [0.1, 0.15) is 18.7 Å². The van der Waals surface area contributed by atoms with Crippen LogP contribution in [0.5, 0.6) is 0 Å². The Morgan fingerprint density at radius 2 is 2.32 bits per heavy atom. The van der Waals surface area contributed by atoms with E-state index in [1.807, 2.05) is 6.07 Å². The SMILES string of the molecule is Cn1c(CCCN[C@@H]2CCOC2)nc2ccccc21. The molecule has 1 aliphatic heterocycles.